The third-order valence-electron chi connectivity index (χ3n) is 6.53. The van der Waals surface area contributed by atoms with Gasteiger partial charge < -0.3 is 0 Å². The van der Waals surface area contributed by atoms with Crippen molar-refractivity contribution in [3.8, 4) is 0 Å². The van der Waals surface area contributed by atoms with Crippen molar-refractivity contribution in [1.29, 1.82) is 0 Å². The van der Waals surface area contributed by atoms with E-state index in [-0.39, 0.29) is 17.1 Å². The number of hydrogen-bond donors (Lipinski definition) is 1. The maximum Gasteiger partial charge on any atom is 0.218 e. The molecular formula is C23H27N5O2S. The lowest BCUT2D eigenvalue weighted by atomic mass is 9.80. The molecule has 0 amide bonds. The molecule has 0 bridgehead atoms. The lowest BCUT2D eigenvalue weighted by molar-refractivity contribution is 0.278. The molecule has 1 N–H and O–H groups in total. The van der Waals surface area contributed by atoms with Crippen molar-refractivity contribution in [3.63, 3.8) is 0 Å². The minimum absolute atomic E-state index is 0.0252. The van der Waals surface area contributed by atoms with Gasteiger partial charge in [0.25, 0.3) is 0 Å². The number of nitrogens with one attached hydrogen (secondary N) is 1. The molecule has 0 saturated carbocycles. The summed E-state index contributed by atoms with van der Waals surface area (Å²) < 4.78 is 28.2. The Kier molecular flexibility index (Phi) is 5.16. The number of benzene rings is 2. The average molecular weight is 438 g/mol. The van der Waals surface area contributed by atoms with Gasteiger partial charge in [-0.05, 0) is 18.1 Å². The Morgan fingerprint density at radius 3 is 2.32 bits per heavy atom. The van der Waals surface area contributed by atoms with Crippen LogP contribution in [0.5, 0.6) is 0 Å². The van der Waals surface area contributed by atoms with Gasteiger partial charge in [-0.3, -0.25) is 10.00 Å². The van der Waals surface area contributed by atoms with Gasteiger partial charge >= 0.3 is 0 Å². The minimum atomic E-state index is -3.42. The number of fused-ring (bicyclic) bond motifs is 1. The van der Waals surface area contributed by atoms with Crippen LogP contribution in [0.4, 0.5) is 0 Å². The van der Waals surface area contributed by atoms with Crippen molar-refractivity contribution >= 4 is 10.0 Å². The molecule has 1 aromatic heterocycles. The largest absolute Gasteiger partial charge is 0.298 e. The van der Waals surface area contributed by atoms with Crippen LogP contribution in [-0.2, 0) is 27.7 Å². The quantitative estimate of drug-likeness (QED) is 0.640. The van der Waals surface area contributed by atoms with Crippen molar-refractivity contribution in [1.82, 2.24) is 24.4 Å². The van der Waals surface area contributed by atoms with E-state index in [0.717, 1.165) is 36.8 Å². The highest BCUT2D eigenvalue weighted by molar-refractivity contribution is 7.88. The second-order valence-corrected chi connectivity index (χ2v) is 10.8. The molecule has 2 fully saturated rings. The normalized spacial score (nSPS) is 24.5. The van der Waals surface area contributed by atoms with E-state index >= 15 is 0 Å². The first kappa shape index (κ1) is 20.4. The fourth-order valence-electron chi connectivity index (χ4n) is 5.06. The summed E-state index contributed by atoms with van der Waals surface area (Å²) in [6.07, 6.45) is 0. The van der Waals surface area contributed by atoms with Gasteiger partial charge in [0.15, 0.2) is 5.82 Å². The number of hydrogen-bond acceptors (Lipinski definition) is 5. The zero-order chi connectivity index (χ0) is 21.5. The molecule has 0 radical (unpaired) electrons. The topological polar surface area (TPSA) is 82.2 Å². The molecule has 2 aliphatic heterocycles. The summed E-state index contributed by atoms with van der Waals surface area (Å²) >= 11 is 0. The SMILES string of the molecule is Cc1nc([C@]23CN(Cc4ccccc4)C[C@H]2CN(S(=O)(=O)Cc2ccccc2)C3)n[nH]1. The first-order valence-corrected chi connectivity index (χ1v) is 12.2. The number of aromatic nitrogens is 3. The van der Waals surface area contributed by atoms with Crippen LogP contribution in [0.15, 0.2) is 60.7 Å². The van der Waals surface area contributed by atoms with Crippen LogP contribution in [-0.4, -0.2) is 59.0 Å². The van der Waals surface area contributed by atoms with Crippen molar-refractivity contribution in [3.05, 3.63) is 83.4 Å². The Hall–Kier alpha value is -2.55. The molecule has 2 atom stereocenters. The van der Waals surface area contributed by atoms with Gasteiger partial charge in [0.1, 0.15) is 5.82 Å². The van der Waals surface area contributed by atoms with Crippen LogP contribution in [0.1, 0.15) is 22.8 Å². The van der Waals surface area contributed by atoms with Crippen LogP contribution in [0.25, 0.3) is 0 Å². The number of aryl methyl sites for hydroxylation is 1. The number of aromatic amines is 1. The van der Waals surface area contributed by atoms with E-state index in [0.29, 0.717) is 13.1 Å². The molecule has 5 rings (SSSR count). The first-order valence-electron chi connectivity index (χ1n) is 10.6. The van der Waals surface area contributed by atoms with Crippen molar-refractivity contribution in [2.45, 2.75) is 24.6 Å². The Balaban J connectivity index is 1.40. The third kappa shape index (κ3) is 3.91. The molecule has 0 spiro atoms. The van der Waals surface area contributed by atoms with Gasteiger partial charge in [-0.15, -0.1) is 0 Å². The summed E-state index contributed by atoms with van der Waals surface area (Å²) in [4.78, 5) is 7.06. The van der Waals surface area contributed by atoms with Crippen molar-refractivity contribution in [2.24, 2.45) is 5.92 Å². The number of H-pyrrole nitrogens is 1. The summed E-state index contributed by atoms with van der Waals surface area (Å²) in [5.41, 5.74) is 1.69. The summed E-state index contributed by atoms with van der Waals surface area (Å²) in [5, 5.41) is 7.45. The van der Waals surface area contributed by atoms with E-state index in [1.54, 1.807) is 4.31 Å². The van der Waals surface area contributed by atoms with Gasteiger partial charge in [-0.1, -0.05) is 60.7 Å². The zero-order valence-corrected chi connectivity index (χ0v) is 18.4. The summed E-state index contributed by atoms with van der Waals surface area (Å²) in [5.74, 6) is 1.69. The highest BCUT2D eigenvalue weighted by Crippen LogP contribution is 2.45. The van der Waals surface area contributed by atoms with Gasteiger partial charge in [0.05, 0.1) is 11.2 Å². The summed E-state index contributed by atoms with van der Waals surface area (Å²) in [7, 11) is -3.42. The highest BCUT2D eigenvalue weighted by atomic mass is 32.2. The predicted molar refractivity (Wildman–Crippen MR) is 119 cm³/mol. The number of rotatable bonds is 6. The average Bonchev–Trinajstić information content (AvgIpc) is 3.42. The fourth-order valence-corrected chi connectivity index (χ4v) is 6.69. The lowest BCUT2D eigenvalue weighted by Crippen LogP contribution is -2.40. The molecule has 3 heterocycles. The molecule has 2 aliphatic rings. The smallest absolute Gasteiger partial charge is 0.218 e. The molecule has 7 nitrogen and oxygen atoms in total. The molecule has 0 aliphatic carbocycles. The van der Waals surface area contributed by atoms with E-state index < -0.39 is 10.0 Å². The second-order valence-electron chi connectivity index (χ2n) is 8.79. The molecule has 31 heavy (non-hydrogen) atoms. The molecule has 8 heteroatoms. The molecule has 162 valence electrons. The Bertz CT molecular complexity index is 1150. The minimum Gasteiger partial charge on any atom is -0.298 e. The fraction of sp³-hybridized carbons (Fsp3) is 0.391. The predicted octanol–water partition coefficient (Wildman–Crippen LogP) is 2.33. The van der Waals surface area contributed by atoms with Crippen LogP contribution in [0.2, 0.25) is 0 Å². The van der Waals surface area contributed by atoms with Gasteiger partial charge in [0.2, 0.25) is 10.0 Å². The van der Waals surface area contributed by atoms with Gasteiger partial charge in [-0.2, -0.15) is 5.10 Å². The Morgan fingerprint density at radius 2 is 1.68 bits per heavy atom. The molecule has 0 unspecified atom stereocenters. The Morgan fingerprint density at radius 1 is 1.00 bits per heavy atom. The van der Waals surface area contributed by atoms with Crippen molar-refractivity contribution < 1.29 is 8.42 Å². The van der Waals surface area contributed by atoms with Gasteiger partial charge in [0, 0.05) is 38.6 Å². The van der Waals surface area contributed by atoms with Crippen molar-refractivity contribution in [2.75, 3.05) is 26.2 Å². The van der Waals surface area contributed by atoms with E-state index in [4.69, 9.17) is 0 Å². The van der Waals surface area contributed by atoms with E-state index in [1.165, 1.54) is 5.56 Å². The first-order chi connectivity index (χ1) is 14.9. The number of nitrogens with zero attached hydrogens (tertiary/aromatic N) is 4. The van der Waals surface area contributed by atoms with Crippen LogP contribution in [0.3, 0.4) is 0 Å². The van der Waals surface area contributed by atoms with E-state index in [2.05, 4.69) is 44.3 Å². The zero-order valence-electron chi connectivity index (χ0n) is 17.6. The van der Waals surface area contributed by atoms with E-state index in [1.807, 2.05) is 43.3 Å². The monoisotopic (exact) mass is 437 g/mol. The maximum atomic E-state index is 13.2. The van der Waals surface area contributed by atoms with Crippen LogP contribution in [0, 0.1) is 12.8 Å². The van der Waals surface area contributed by atoms with Gasteiger partial charge in [-0.25, -0.2) is 17.7 Å². The number of likely N-dealkylation sites (tertiary alicyclic amines) is 1. The standard InChI is InChI=1S/C23H27N5O2S/c1-18-24-22(26-25-18)23-16-27(12-19-8-4-2-5-9-19)13-21(23)14-28(17-23)31(29,30)15-20-10-6-3-7-11-20/h2-11,21H,12-17H2,1H3,(H,24,25,26)/t21-,23-/m0/s1. The molecule has 3 aromatic rings. The van der Waals surface area contributed by atoms with Crippen LogP contribution >= 0.6 is 0 Å². The number of sulfonamides is 1. The third-order valence-corrected chi connectivity index (χ3v) is 8.29. The van der Waals surface area contributed by atoms with E-state index in [9.17, 15) is 8.42 Å². The molecule has 2 aromatic carbocycles. The Labute approximate surface area is 183 Å². The highest BCUT2D eigenvalue weighted by Gasteiger charge is 2.57. The summed E-state index contributed by atoms with van der Waals surface area (Å²) in [6, 6.07) is 19.8. The molecular weight excluding hydrogens is 410 g/mol. The lowest BCUT2D eigenvalue weighted by Gasteiger charge is -2.27. The van der Waals surface area contributed by atoms with Crippen LogP contribution < -0.4 is 0 Å². The molecule has 2 saturated heterocycles. The summed E-state index contributed by atoms with van der Waals surface area (Å²) in [6.45, 7) is 5.25. The maximum absolute atomic E-state index is 13.2. The second kappa shape index (κ2) is 7.85.